The Morgan fingerprint density at radius 2 is 1.83 bits per heavy atom. The third-order valence-corrected chi connectivity index (χ3v) is 7.83. The molecule has 0 spiro atoms. The zero-order valence-electron chi connectivity index (χ0n) is 23.6. The maximum atomic E-state index is 14.8. The van der Waals surface area contributed by atoms with Gasteiger partial charge >= 0.3 is 0 Å². The van der Waals surface area contributed by atoms with E-state index in [0.29, 0.717) is 18.0 Å². The van der Waals surface area contributed by atoms with Gasteiger partial charge in [-0.25, -0.2) is 9.37 Å². The van der Waals surface area contributed by atoms with Crippen LogP contribution in [0.3, 0.4) is 0 Å². The van der Waals surface area contributed by atoms with Crippen LogP contribution in [0.5, 0.6) is 5.75 Å². The molecular formula is C32H31FN8O. The highest BCUT2D eigenvalue weighted by atomic mass is 19.1. The second kappa shape index (κ2) is 10.9. The van der Waals surface area contributed by atoms with E-state index in [1.165, 1.54) is 25.0 Å². The van der Waals surface area contributed by atoms with Crippen molar-refractivity contribution in [3.05, 3.63) is 73.1 Å². The average molecular weight is 563 g/mol. The second-order valence-corrected chi connectivity index (χ2v) is 10.9. The maximum absolute atomic E-state index is 14.8. The number of H-pyrrole nitrogens is 2. The van der Waals surface area contributed by atoms with Gasteiger partial charge in [0.15, 0.2) is 0 Å². The van der Waals surface area contributed by atoms with Crippen LogP contribution >= 0.6 is 0 Å². The highest BCUT2D eigenvalue weighted by Gasteiger charge is 2.17. The van der Waals surface area contributed by atoms with Crippen LogP contribution in [0.2, 0.25) is 0 Å². The number of likely N-dealkylation sites (tertiary alicyclic amines) is 1. The summed E-state index contributed by atoms with van der Waals surface area (Å²) < 4.78 is 20.7. The van der Waals surface area contributed by atoms with E-state index in [9.17, 15) is 4.39 Å². The van der Waals surface area contributed by atoms with E-state index in [1.54, 1.807) is 12.4 Å². The number of benzene rings is 1. The lowest BCUT2D eigenvalue weighted by Crippen LogP contribution is -2.25. The molecule has 0 aliphatic carbocycles. The van der Waals surface area contributed by atoms with Gasteiger partial charge in [-0.15, -0.1) is 0 Å². The third-order valence-electron chi connectivity index (χ3n) is 7.83. The van der Waals surface area contributed by atoms with Gasteiger partial charge in [0.1, 0.15) is 29.5 Å². The van der Waals surface area contributed by atoms with Crippen LogP contribution in [-0.2, 0) is 0 Å². The quantitative estimate of drug-likeness (QED) is 0.238. The number of nitrogens with zero attached hydrogens (tertiary/aromatic N) is 6. The van der Waals surface area contributed by atoms with Crippen molar-refractivity contribution in [2.45, 2.75) is 12.8 Å². The number of nitrogens with one attached hydrogen (secondary N) is 2. The highest BCUT2D eigenvalue weighted by molar-refractivity contribution is 6.00. The molecule has 0 bridgehead atoms. The largest absolute Gasteiger partial charge is 0.492 e. The number of hydrogen-bond acceptors (Lipinski definition) is 7. The monoisotopic (exact) mass is 562 g/mol. The number of anilines is 1. The number of pyridine rings is 3. The predicted molar refractivity (Wildman–Crippen MR) is 163 cm³/mol. The first-order valence-electron chi connectivity index (χ1n) is 14.1. The molecule has 0 amide bonds. The molecule has 1 aliphatic heterocycles. The lowest BCUT2D eigenvalue weighted by Gasteiger charge is -2.15. The van der Waals surface area contributed by atoms with E-state index >= 15 is 0 Å². The molecule has 6 aromatic rings. The van der Waals surface area contributed by atoms with Crippen molar-refractivity contribution in [2.75, 3.05) is 45.2 Å². The summed E-state index contributed by atoms with van der Waals surface area (Å²) in [7, 11) is 3.97. The molecule has 10 heteroatoms. The van der Waals surface area contributed by atoms with Gasteiger partial charge in [0, 0.05) is 55.4 Å². The number of hydrogen-bond donors (Lipinski definition) is 2. The molecule has 0 radical (unpaired) electrons. The summed E-state index contributed by atoms with van der Waals surface area (Å²) in [6.07, 6.45) is 9.61. The summed E-state index contributed by atoms with van der Waals surface area (Å²) in [5.74, 6) is 0.187. The summed E-state index contributed by atoms with van der Waals surface area (Å²) in [5, 5.41) is 9.49. The van der Waals surface area contributed by atoms with Crippen molar-refractivity contribution in [1.82, 2.24) is 35.0 Å². The fraction of sp³-hybridized carbons (Fsp3) is 0.250. The van der Waals surface area contributed by atoms with Crippen molar-refractivity contribution in [3.8, 4) is 39.5 Å². The van der Waals surface area contributed by atoms with Gasteiger partial charge in [0.2, 0.25) is 0 Å². The minimum absolute atomic E-state index is 0.337. The maximum Gasteiger partial charge on any atom is 0.138 e. The molecule has 212 valence electrons. The number of halogens is 1. The third kappa shape index (κ3) is 5.05. The SMILES string of the molecule is CN(C)c1cncc(-c2cc3c(-c4cc5c(-c6cc(F)cc(OCCN7CCCC7)c6)ccnc5[nH]4)n[nH]c3cn2)c1. The van der Waals surface area contributed by atoms with Crippen LogP contribution in [0.15, 0.2) is 67.3 Å². The molecule has 0 atom stereocenters. The van der Waals surface area contributed by atoms with E-state index in [1.807, 2.05) is 55.7 Å². The fourth-order valence-electron chi connectivity index (χ4n) is 5.60. The molecule has 1 saturated heterocycles. The minimum atomic E-state index is -0.337. The zero-order valence-corrected chi connectivity index (χ0v) is 23.6. The Balaban J connectivity index is 1.22. The highest BCUT2D eigenvalue weighted by Crippen LogP contribution is 2.35. The van der Waals surface area contributed by atoms with Gasteiger partial charge in [-0.05, 0) is 73.5 Å². The van der Waals surface area contributed by atoms with E-state index in [2.05, 4.69) is 41.1 Å². The molecule has 1 aliphatic rings. The van der Waals surface area contributed by atoms with Gasteiger partial charge in [0.25, 0.3) is 0 Å². The smallest absolute Gasteiger partial charge is 0.138 e. The number of aromatic nitrogens is 6. The molecule has 1 fully saturated rings. The van der Waals surface area contributed by atoms with Gasteiger partial charge in [-0.3, -0.25) is 20.0 Å². The molecule has 5 aromatic heterocycles. The van der Waals surface area contributed by atoms with Crippen LogP contribution in [-0.4, -0.2) is 75.4 Å². The summed E-state index contributed by atoms with van der Waals surface area (Å²) in [5.41, 5.74) is 7.36. The number of aromatic amines is 2. The molecule has 1 aromatic carbocycles. The summed E-state index contributed by atoms with van der Waals surface area (Å²) in [4.78, 5) is 21.4. The van der Waals surface area contributed by atoms with Gasteiger partial charge in [-0.2, -0.15) is 5.10 Å². The Hall–Kier alpha value is -4.83. The lowest BCUT2D eigenvalue weighted by atomic mass is 10.0. The Bertz CT molecular complexity index is 1890. The van der Waals surface area contributed by atoms with Crippen LogP contribution in [0, 0.1) is 5.82 Å². The summed E-state index contributed by atoms with van der Waals surface area (Å²) >= 11 is 0. The number of rotatable bonds is 8. The topological polar surface area (TPSA) is 98.9 Å². The molecule has 0 unspecified atom stereocenters. The summed E-state index contributed by atoms with van der Waals surface area (Å²) in [6.45, 7) is 3.58. The van der Waals surface area contributed by atoms with Gasteiger partial charge in [-0.1, -0.05) is 0 Å². The van der Waals surface area contributed by atoms with Crippen LogP contribution in [0.25, 0.3) is 55.7 Å². The number of ether oxygens (including phenoxy) is 1. The van der Waals surface area contributed by atoms with Crippen LogP contribution in [0.1, 0.15) is 12.8 Å². The lowest BCUT2D eigenvalue weighted by molar-refractivity contribution is 0.237. The molecule has 2 N–H and O–H groups in total. The average Bonchev–Trinajstić information content (AvgIpc) is 3.76. The number of fused-ring (bicyclic) bond motifs is 2. The van der Waals surface area contributed by atoms with E-state index in [0.717, 1.165) is 75.4 Å². The first-order chi connectivity index (χ1) is 20.5. The first kappa shape index (κ1) is 26.1. The second-order valence-electron chi connectivity index (χ2n) is 10.9. The fourth-order valence-corrected chi connectivity index (χ4v) is 5.60. The normalized spacial score (nSPS) is 13.8. The molecule has 7 rings (SSSR count). The first-order valence-corrected chi connectivity index (χ1v) is 14.1. The van der Waals surface area contributed by atoms with E-state index in [4.69, 9.17) is 4.74 Å². The van der Waals surface area contributed by atoms with Crippen LogP contribution < -0.4 is 9.64 Å². The van der Waals surface area contributed by atoms with Crippen molar-refractivity contribution in [3.63, 3.8) is 0 Å². The van der Waals surface area contributed by atoms with E-state index < -0.39 is 0 Å². The standard InChI is InChI=1S/C32H31FN8O/c1-40(2)23-12-21(17-34-18-23)28-16-27-30(19-36-28)38-39-31(27)29-15-26-25(5-6-35-32(26)37-29)20-11-22(33)14-24(13-20)42-10-9-41-7-3-4-8-41/h5-6,11-19H,3-4,7-10H2,1-2H3,(H,35,37)(H,38,39). The molecule has 9 nitrogen and oxygen atoms in total. The Morgan fingerprint density at radius 1 is 0.952 bits per heavy atom. The summed E-state index contributed by atoms with van der Waals surface area (Å²) in [6, 6.07) is 12.9. The van der Waals surface area contributed by atoms with Crippen molar-refractivity contribution < 1.29 is 9.13 Å². The van der Waals surface area contributed by atoms with Gasteiger partial charge < -0.3 is 14.6 Å². The molecule has 6 heterocycles. The zero-order chi connectivity index (χ0) is 28.6. The molecular weight excluding hydrogens is 531 g/mol. The minimum Gasteiger partial charge on any atom is -0.492 e. The molecule has 42 heavy (non-hydrogen) atoms. The van der Waals surface area contributed by atoms with E-state index in [-0.39, 0.29) is 5.82 Å². The van der Waals surface area contributed by atoms with Gasteiger partial charge in [0.05, 0.1) is 35.0 Å². The van der Waals surface area contributed by atoms with Crippen molar-refractivity contribution >= 4 is 27.6 Å². The Labute approximate surface area is 242 Å². The molecule has 0 saturated carbocycles. The Kier molecular flexibility index (Phi) is 6.75. The predicted octanol–water partition coefficient (Wildman–Crippen LogP) is 5.91. The van der Waals surface area contributed by atoms with Crippen molar-refractivity contribution in [2.24, 2.45) is 0 Å². The van der Waals surface area contributed by atoms with Crippen molar-refractivity contribution in [1.29, 1.82) is 0 Å². The Morgan fingerprint density at radius 3 is 2.69 bits per heavy atom. The van der Waals surface area contributed by atoms with Crippen LogP contribution in [0.4, 0.5) is 10.1 Å².